The molecular weight excluding hydrogens is 356 g/mol. The summed E-state index contributed by atoms with van der Waals surface area (Å²) in [5.41, 5.74) is 0.453. The average Bonchev–Trinajstić information content (AvgIpc) is 3.36. The van der Waals surface area contributed by atoms with E-state index in [2.05, 4.69) is 5.32 Å². The predicted molar refractivity (Wildman–Crippen MR) is 97.4 cm³/mol. The number of nitrogens with one attached hydrogen (secondary N) is 1. The Morgan fingerprint density at radius 1 is 1.27 bits per heavy atom. The van der Waals surface area contributed by atoms with Gasteiger partial charge in [0.1, 0.15) is 11.8 Å². The lowest BCUT2D eigenvalue weighted by Crippen LogP contribution is -2.47. The highest BCUT2D eigenvalue weighted by molar-refractivity contribution is 7.99. The standard InChI is InChI=1S/C18H20N2O5S/c1-23-15-6-5-12(8-16(15)24-2)18(22)20-11-26-10-14(20)17(21)19-9-13-4-3-7-25-13/h3-8,14H,9-11H2,1-2H3,(H,19,21). The minimum atomic E-state index is -0.518. The Morgan fingerprint density at radius 3 is 2.77 bits per heavy atom. The normalized spacial score (nSPS) is 16.4. The van der Waals surface area contributed by atoms with Gasteiger partial charge in [-0.15, -0.1) is 11.8 Å². The van der Waals surface area contributed by atoms with Crippen molar-refractivity contribution < 1.29 is 23.5 Å². The molecule has 0 radical (unpaired) electrons. The highest BCUT2D eigenvalue weighted by atomic mass is 32.2. The van der Waals surface area contributed by atoms with Crippen LogP contribution in [-0.4, -0.2) is 48.6 Å². The zero-order valence-electron chi connectivity index (χ0n) is 14.6. The van der Waals surface area contributed by atoms with Crippen molar-refractivity contribution in [2.24, 2.45) is 0 Å². The SMILES string of the molecule is COc1ccc(C(=O)N2CSCC2C(=O)NCc2ccco2)cc1OC. The number of rotatable bonds is 6. The van der Waals surface area contributed by atoms with Gasteiger partial charge in [-0.25, -0.2) is 0 Å². The van der Waals surface area contributed by atoms with E-state index in [1.165, 1.54) is 14.2 Å². The van der Waals surface area contributed by atoms with Gasteiger partial charge in [0.05, 0.1) is 32.9 Å². The van der Waals surface area contributed by atoms with Crippen LogP contribution in [0.15, 0.2) is 41.0 Å². The molecule has 3 rings (SSSR count). The fourth-order valence-electron chi connectivity index (χ4n) is 2.70. The number of ether oxygens (including phenoxy) is 2. The van der Waals surface area contributed by atoms with Crippen LogP contribution >= 0.6 is 11.8 Å². The molecule has 0 bridgehead atoms. The third-order valence-electron chi connectivity index (χ3n) is 4.09. The molecular formula is C18H20N2O5S. The molecule has 1 aromatic carbocycles. The molecule has 0 saturated carbocycles. The minimum Gasteiger partial charge on any atom is -0.493 e. The van der Waals surface area contributed by atoms with Crippen molar-refractivity contribution in [1.82, 2.24) is 10.2 Å². The maximum atomic E-state index is 12.9. The zero-order chi connectivity index (χ0) is 18.5. The van der Waals surface area contributed by atoms with Gasteiger partial charge in [0.25, 0.3) is 5.91 Å². The molecule has 2 aromatic rings. The lowest BCUT2D eigenvalue weighted by atomic mass is 10.1. The Morgan fingerprint density at radius 2 is 2.08 bits per heavy atom. The summed E-state index contributed by atoms with van der Waals surface area (Å²) in [6.07, 6.45) is 1.56. The van der Waals surface area contributed by atoms with E-state index in [9.17, 15) is 9.59 Å². The van der Waals surface area contributed by atoms with E-state index in [1.807, 2.05) is 0 Å². The van der Waals surface area contributed by atoms with Gasteiger partial charge < -0.3 is 24.1 Å². The van der Waals surface area contributed by atoms with Crippen LogP contribution in [0.3, 0.4) is 0 Å². The molecule has 1 N–H and O–H groups in total. The summed E-state index contributed by atoms with van der Waals surface area (Å²) in [5.74, 6) is 2.31. The predicted octanol–water partition coefficient (Wildman–Crippen LogP) is 2.13. The topological polar surface area (TPSA) is 81.0 Å². The minimum absolute atomic E-state index is 0.194. The third kappa shape index (κ3) is 3.80. The van der Waals surface area contributed by atoms with Crippen molar-refractivity contribution in [3.63, 3.8) is 0 Å². The number of thioether (sulfide) groups is 1. The molecule has 1 fully saturated rings. The van der Waals surface area contributed by atoms with Crippen LogP contribution in [0.1, 0.15) is 16.1 Å². The molecule has 0 spiro atoms. The van der Waals surface area contributed by atoms with Crippen LogP contribution in [0.25, 0.3) is 0 Å². The van der Waals surface area contributed by atoms with Crippen LogP contribution in [-0.2, 0) is 11.3 Å². The van der Waals surface area contributed by atoms with E-state index in [1.54, 1.807) is 53.3 Å². The van der Waals surface area contributed by atoms with Gasteiger partial charge >= 0.3 is 0 Å². The van der Waals surface area contributed by atoms with Crippen molar-refractivity contribution in [3.8, 4) is 11.5 Å². The van der Waals surface area contributed by atoms with Crippen molar-refractivity contribution >= 4 is 23.6 Å². The number of hydrogen-bond acceptors (Lipinski definition) is 6. The zero-order valence-corrected chi connectivity index (χ0v) is 15.4. The van der Waals surface area contributed by atoms with Crippen LogP contribution in [0.4, 0.5) is 0 Å². The van der Waals surface area contributed by atoms with Gasteiger partial charge in [-0.3, -0.25) is 9.59 Å². The van der Waals surface area contributed by atoms with Gasteiger partial charge in [0, 0.05) is 11.3 Å². The Balaban J connectivity index is 1.70. The van der Waals surface area contributed by atoms with Crippen molar-refractivity contribution in [1.29, 1.82) is 0 Å². The molecule has 1 atom stereocenters. The Kier molecular flexibility index (Phi) is 5.72. The second-order valence-corrected chi connectivity index (χ2v) is 6.66. The lowest BCUT2D eigenvalue weighted by Gasteiger charge is -2.23. The van der Waals surface area contributed by atoms with E-state index >= 15 is 0 Å². The van der Waals surface area contributed by atoms with Crippen LogP contribution in [0, 0.1) is 0 Å². The summed E-state index contributed by atoms with van der Waals surface area (Å²) in [6.45, 7) is 0.297. The van der Waals surface area contributed by atoms with Crippen molar-refractivity contribution in [2.75, 3.05) is 25.8 Å². The number of amides is 2. The number of hydrogen-bond donors (Lipinski definition) is 1. The number of furan rings is 1. The highest BCUT2D eigenvalue weighted by Gasteiger charge is 2.35. The summed E-state index contributed by atoms with van der Waals surface area (Å²) in [7, 11) is 3.05. The van der Waals surface area contributed by atoms with Crippen molar-refractivity contribution in [2.45, 2.75) is 12.6 Å². The largest absolute Gasteiger partial charge is 0.493 e. The van der Waals surface area contributed by atoms with Gasteiger partial charge in [-0.05, 0) is 30.3 Å². The van der Waals surface area contributed by atoms with Gasteiger partial charge in [-0.2, -0.15) is 0 Å². The summed E-state index contributed by atoms with van der Waals surface area (Å²) >= 11 is 1.55. The molecule has 8 heteroatoms. The van der Waals surface area contributed by atoms with Gasteiger partial charge in [-0.1, -0.05) is 0 Å². The Hall–Kier alpha value is -2.61. The summed E-state index contributed by atoms with van der Waals surface area (Å²) < 4.78 is 15.7. The summed E-state index contributed by atoms with van der Waals surface area (Å²) in [5, 5.41) is 2.82. The molecule has 1 unspecified atom stereocenters. The van der Waals surface area contributed by atoms with Gasteiger partial charge in [0.15, 0.2) is 11.5 Å². The second kappa shape index (κ2) is 8.18. The highest BCUT2D eigenvalue weighted by Crippen LogP contribution is 2.30. The summed E-state index contributed by atoms with van der Waals surface area (Å²) in [4.78, 5) is 27.0. The fourth-order valence-corrected chi connectivity index (χ4v) is 3.85. The van der Waals surface area contributed by atoms with E-state index in [0.717, 1.165) is 0 Å². The quantitative estimate of drug-likeness (QED) is 0.832. The first-order chi connectivity index (χ1) is 12.6. The molecule has 7 nitrogen and oxygen atoms in total. The van der Waals surface area contributed by atoms with E-state index in [4.69, 9.17) is 13.9 Å². The van der Waals surface area contributed by atoms with Crippen LogP contribution < -0.4 is 14.8 Å². The third-order valence-corrected chi connectivity index (χ3v) is 5.11. The monoisotopic (exact) mass is 376 g/mol. The molecule has 0 aliphatic carbocycles. The molecule has 1 aliphatic heterocycles. The smallest absolute Gasteiger partial charge is 0.255 e. The van der Waals surface area contributed by atoms with Gasteiger partial charge in [0.2, 0.25) is 5.91 Å². The number of carbonyl (C=O) groups excluding carboxylic acids is 2. The Labute approximate surface area is 155 Å². The molecule has 1 aromatic heterocycles. The van der Waals surface area contributed by atoms with Crippen LogP contribution in [0.2, 0.25) is 0 Å². The molecule has 138 valence electrons. The van der Waals surface area contributed by atoms with Crippen LogP contribution in [0.5, 0.6) is 11.5 Å². The number of nitrogens with zero attached hydrogens (tertiary/aromatic N) is 1. The first kappa shape index (κ1) is 18.2. The summed E-state index contributed by atoms with van der Waals surface area (Å²) in [6, 6.07) is 8.01. The average molecular weight is 376 g/mol. The Bertz CT molecular complexity index is 778. The lowest BCUT2D eigenvalue weighted by molar-refractivity contribution is -0.124. The van der Waals surface area contributed by atoms with E-state index in [-0.39, 0.29) is 11.8 Å². The van der Waals surface area contributed by atoms with E-state index in [0.29, 0.717) is 41.0 Å². The number of benzene rings is 1. The maximum absolute atomic E-state index is 12.9. The first-order valence-corrected chi connectivity index (χ1v) is 9.20. The molecule has 1 aliphatic rings. The molecule has 2 amide bonds. The maximum Gasteiger partial charge on any atom is 0.255 e. The number of carbonyl (C=O) groups is 2. The first-order valence-electron chi connectivity index (χ1n) is 8.05. The van der Waals surface area contributed by atoms with E-state index < -0.39 is 6.04 Å². The van der Waals surface area contributed by atoms with Crippen molar-refractivity contribution in [3.05, 3.63) is 47.9 Å². The molecule has 26 heavy (non-hydrogen) atoms. The molecule has 1 saturated heterocycles. The fraction of sp³-hybridized carbons (Fsp3) is 0.333. The molecule has 2 heterocycles. The second-order valence-electron chi connectivity index (χ2n) is 5.66. The number of methoxy groups -OCH3 is 2.